The molecule has 3 heteroatoms. The van der Waals surface area contributed by atoms with Gasteiger partial charge >= 0.3 is 0 Å². The van der Waals surface area contributed by atoms with Crippen LogP contribution < -0.4 is 15.9 Å². The van der Waals surface area contributed by atoms with Gasteiger partial charge in [0.25, 0.3) is 0 Å². The van der Waals surface area contributed by atoms with Crippen LogP contribution in [0.15, 0.2) is 103 Å². The lowest BCUT2D eigenvalue weighted by Crippen LogP contribution is -2.33. The van der Waals surface area contributed by atoms with Crippen LogP contribution in [0.3, 0.4) is 0 Å². The first kappa shape index (κ1) is 25.4. The second-order valence-electron chi connectivity index (χ2n) is 8.84. The van der Waals surface area contributed by atoms with Crippen LogP contribution in [0.1, 0.15) is 40.5 Å². The number of rotatable bonds is 12. The normalized spacial score (nSPS) is 12.3. The molecule has 3 aromatic carbocycles. The summed E-state index contributed by atoms with van der Waals surface area (Å²) in [5.41, 5.74) is 0. The molecular weight excluding hydrogens is 423 g/mol. The molecule has 0 amide bonds. The van der Waals surface area contributed by atoms with Crippen molar-refractivity contribution >= 4 is 23.2 Å². The van der Waals surface area contributed by atoms with E-state index in [1.807, 2.05) is 0 Å². The van der Waals surface area contributed by atoms with Crippen LogP contribution in [0, 0.1) is 0 Å². The van der Waals surface area contributed by atoms with Crippen molar-refractivity contribution in [1.29, 1.82) is 0 Å². The second kappa shape index (κ2) is 12.8. The molecule has 0 bridgehead atoms. The van der Waals surface area contributed by atoms with E-state index in [2.05, 4.69) is 131 Å². The van der Waals surface area contributed by atoms with E-state index in [1.165, 1.54) is 15.9 Å². The predicted molar refractivity (Wildman–Crippen MR) is 145 cm³/mol. The monoisotopic (exact) mass is 461 g/mol. The van der Waals surface area contributed by atoms with E-state index >= 15 is 0 Å². The van der Waals surface area contributed by atoms with Gasteiger partial charge in [0.05, 0.1) is 18.4 Å². The average molecular weight is 462 g/mol. The van der Waals surface area contributed by atoms with Crippen molar-refractivity contribution in [3.05, 3.63) is 103 Å². The van der Waals surface area contributed by atoms with Crippen molar-refractivity contribution in [2.24, 2.45) is 0 Å². The predicted octanol–water partition coefficient (Wildman–Crippen LogP) is 6.49. The lowest BCUT2D eigenvalue weighted by atomic mass is 10.3. The Kier molecular flexibility index (Phi) is 9.88. The van der Waals surface area contributed by atoms with Crippen LogP contribution in [-0.2, 0) is 9.47 Å². The number of benzene rings is 3. The van der Waals surface area contributed by atoms with Crippen molar-refractivity contribution < 1.29 is 9.47 Å². The van der Waals surface area contributed by atoms with Gasteiger partial charge in [-0.2, -0.15) is 0 Å². The van der Waals surface area contributed by atoms with Crippen LogP contribution in [0.25, 0.3) is 0 Å². The first-order valence-corrected chi connectivity index (χ1v) is 14.0. The molecule has 0 aliphatic heterocycles. The summed E-state index contributed by atoms with van der Waals surface area (Å²) < 4.78 is 11.9. The van der Waals surface area contributed by atoms with E-state index in [4.69, 9.17) is 9.47 Å². The number of allylic oxidation sites excluding steroid dienone is 1. The van der Waals surface area contributed by atoms with Crippen LogP contribution >= 0.6 is 7.26 Å². The molecule has 3 rings (SSSR count). The SMILES string of the molecule is CC(C)OC(C/C=C\CC[P+](c1ccccc1)(c1ccccc1)c1ccccc1)OC(C)C. The van der Waals surface area contributed by atoms with Crippen molar-refractivity contribution in [2.75, 3.05) is 6.16 Å². The molecule has 0 N–H and O–H groups in total. The molecule has 0 unspecified atom stereocenters. The highest BCUT2D eigenvalue weighted by atomic mass is 31.2. The Labute approximate surface area is 201 Å². The summed E-state index contributed by atoms with van der Waals surface area (Å²) >= 11 is 0. The van der Waals surface area contributed by atoms with Gasteiger partial charge in [0.1, 0.15) is 23.2 Å². The van der Waals surface area contributed by atoms with Crippen LogP contribution in [0.2, 0.25) is 0 Å². The molecule has 0 aliphatic carbocycles. The molecule has 0 aromatic heterocycles. The first-order chi connectivity index (χ1) is 16.0. The molecule has 33 heavy (non-hydrogen) atoms. The quantitative estimate of drug-likeness (QED) is 0.174. The molecule has 3 aromatic rings. The van der Waals surface area contributed by atoms with Crippen molar-refractivity contribution in [3.63, 3.8) is 0 Å². The zero-order chi connectivity index (χ0) is 23.5. The highest BCUT2D eigenvalue weighted by Gasteiger charge is 2.44. The van der Waals surface area contributed by atoms with Gasteiger partial charge in [-0.25, -0.2) is 0 Å². The minimum atomic E-state index is -1.78. The summed E-state index contributed by atoms with van der Waals surface area (Å²) in [6, 6.07) is 33.2. The van der Waals surface area contributed by atoms with Crippen LogP contribution in [0.5, 0.6) is 0 Å². The largest absolute Gasteiger partial charge is 0.350 e. The fourth-order valence-corrected chi connectivity index (χ4v) is 8.47. The summed E-state index contributed by atoms with van der Waals surface area (Å²) in [5, 5.41) is 4.29. The lowest BCUT2D eigenvalue weighted by Gasteiger charge is -2.27. The Balaban J connectivity index is 1.87. The Hall–Kier alpha value is -2.25. The van der Waals surface area contributed by atoms with Crippen LogP contribution in [0.4, 0.5) is 0 Å². The molecule has 0 fully saturated rings. The topological polar surface area (TPSA) is 18.5 Å². The third-order valence-electron chi connectivity index (χ3n) is 5.57. The molecule has 0 atom stereocenters. The van der Waals surface area contributed by atoms with E-state index in [-0.39, 0.29) is 18.5 Å². The maximum atomic E-state index is 5.95. The smallest absolute Gasteiger partial charge is 0.161 e. The minimum Gasteiger partial charge on any atom is -0.350 e. The van der Waals surface area contributed by atoms with Crippen LogP contribution in [-0.4, -0.2) is 24.7 Å². The second-order valence-corrected chi connectivity index (χ2v) is 12.5. The van der Waals surface area contributed by atoms with E-state index < -0.39 is 7.26 Å². The van der Waals surface area contributed by atoms with Crippen molar-refractivity contribution in [2.45, 2.75) is 59.0 Å². The summed E-state index contributed by atoms with van der Waals surface area (Å²) in [6.45, 7) is 8.22. The zero-order valence-electron chi connectivity index (χ0n) is 20.4. The third-order valence-corrected chi connectivity index (χ3v) is 10.0. The zero-order valence-corrected chi connectivity index (χ0v) is 21.3. The number of hydrogen-bond acceptors (Lipinski definition) is 2. The molecule has 2 nitrogen and oxygen atoms in total. The van der Waals surface area contributed by atoms with E-state index in [0.29, 0.717) is 0 Å². The van der Waals surface area contributed by atoms with Gasteiger partial charge in [0.15, 0.2) is 6.29 Å². The van der Waals surface area contributed by atoms with E-state index in [1.54, 1.807) is 0 Å². The van der Waals surface area contributed by atoms with Gasteiger partial charge in [-0.05, 0) is 64.1 Å². The van der Waals surface area contributed by atoms with Crippen molar-refractivity contribution in [3.8, 4) is 0 Å². The Bertz CT molecular complexity index is 846. The molecule has 0 radical (unpaired) electrons. The summed E-state index contributed by atoms with van der Waals surface area (Å²) in [7, 11) is -1.78. The van der Waals surface area contributed by atoms with Gasteiger partial charge in [-0.3, -0.25) is 0 Å². The average Bonchev–Trinajstić information content (AvgIpc) is 2.82. The highest BCUT2D eigenvalue weighted by Crippen LogP contribution is 2.55. The fourth-order valence-electron chi connectivity index (χ4n) is 4.23. The maximum absolute atomic E-state index is 5.95. The Morgan fingerprint density at radius 2 is 1.00 bits per heavy atom. The van der Waals surface area contributed by atoms with Gasteiger partial charge in [-0.1, -0.05) is 66.7 Å². The van der Waals surface area contributed by atoms with Gasteiger partial charge in [0.2, 0.25) is 0 Å². The molecule has 0 aliphatic rings. The van der Waals surface area contributed by atoms with Gasteiger partial charge in [-0.15, -0.1) is 0 Å². The molecule has 0 spiro atoms. The van der Waals surface area contributed by atoms with Gasteiger partial charge < -0.3 is 9.47 Å². The van der Waals surface area contributed by atoms with Gasteiger partial charge in [0, 0.05) is 12.8 Å². The lowest BCUT2D eigenvalue weighted by molar-refractivity contribution is -0.178. The first-order valence-electron chi connectivity index (χ1n) is 12.0. The molecule has 0 saturated heterocycles. The van der Waals surface area contributed by atoms with E-state index in [9.17, 15) is 0 Å². The summed E-state index contributed by atoms with van der Waals surface area (Å²) in [5.74, 6) is 0. The number of ether oxygens (including phenoxy) is 2. The summed E-state index contributed by atoms with van der Waals surface area (Å²) in [6.07, 6.45) is 7.49. The molecule has 174 valence electrons. The summed E-state index contributed by atoms with van der Waals surface area (Å²) in [4.78, 5) is 0. The maximum Gasteiger partial charge on any atom is 0.161 e. The minimum absolute atomic E-state index is 0.148. The third kappa shape index (κ3) is 7.11. The van der Waals surface area contributed by atoms with Crippen molar-refractivity contribution in [1.82, 2.24) is 0 Å². The standard InChI is InChI=1S/C30H38O2P/c1-25(2)31-30(32-26(3)4)23-15-8-16-24-33(27-17-9-5-10-18-27,28-19-11-6-12-20-28)29-21-13-7-14-22-29/h5-15,17-22,25-26,30H,16,23-24H2,1-4H3/q+1/b15-8-. The molecular formula is C30H38O2P+. The molecule has 0 heterocycles. The number of hydrogen-bond donors (Lipinski definition) is 0. The highest BCUT2D eigenvalue weighted by molar-refractivity contribution is 7.95. The fraction of sp³-hybridized carbons (Fsp3) is 0.333. The molecule has 0 saturated carbocycles. The van der Waals surface area contributed by atoms with E-state index in [0.717, 1.165) is 19.0 Å². The Morgan fingerprint density at radius 3 is 1.36 bits per heavy atom. The Morgan fingerprint density at radius 1 is 0.606 bits per heavy atom.